The largest absolute Gasteiger partial charge is 0.323 e. The number of carbonyl (C=O) groups is 1. The molecule has 5 aromatic rings. The third-order valence-electron chi connectivity index (χ3n) is 5.55. The normalized spacial score (nSPS) is 11.1. The molecule has 5 nitrogen and oxygen atoms in total. The van der Waals surface area contributed by atoms with E-state index in [9.17, 15) is 9.59 Å². The number of thiophene rings is 1. The molecule has 1 N–H and O–H groups in total. The van der Waals surface area contributed by atoms with Crippen LogP contribution in [0.2, 0.25) is 15.1 Å². The molecule has 186 valence electrons. The van der Waals surface area contributed by atoms with E-state index in [0.717, 1.165) is 27.8 Å². The van der Waals surface area contributed by atoms with E-state index in [1.807, 2.05) is 67.6 Å². The highest BCUT2D eigenvalue weighted by atomic mass is 35.5. The van der Waals surface area contributed by atoms with Gasteiger partial charge >= 0.3 is 0 Å². The smallest absolute Gasteiger partial charge is 0.268 e. The first-order chi connectivity index (χ1) is 17.8. The third-order valence-corrected chi connectivity index (χ3v) is 8.30. The van der Waals surface area contributed by atoms with Gasteiger partial charge in [0.25, 0.3) is 5.56 Å². The van der Waals surface area contributed by atoms with Crippen molar-refractivity contribution in [1.29, 1.82) is 0 Å². The van der Waals surface area contributed by atoms with Gasteiger partial charge in [-0.1, -0.05) is 95.1 Å². The van der Waals surface area contributed by atoms with Crippen LogP contribution in [-0.2, 0) is 4.79 Å². The summed E-state index contributed by atoms with van der Waals surface area (Å²) in [5.74, 6) is -0.368. The summed E-state index contributed by atoms with van der Waals surface area (Å²) in [5, 5.41) is 4.54. The number of aromatic nitrogens is 2. The number of benzene rings is 3. The average Bonchev–Trinajstić information content (AvgIpc) is 3.22. The molecule has 0 spiro atoms. The molecule has 0 fully saturated rings. The molecule has 1 amide bonds. The maximum absolute atomic E-state index is 14.0. The summed E-state index contributed by atoms with van der Waals surface area (Å²) in [5.41, 5.74) is 2.59. The van der Waals surface area contributed by atoms with Gasteiger partial charge in [0.1, 0.15) is 4.83 Å². The lowest BCUT2D eigenvalue weighted by atomic mass is 10.0. The molecule has 2 heterocycles. The Morgan fingerprint density at radius 3 is 2.27 bits per heavy atom. The number of nitrogens with one attached hydrogen (secondary N) is 1. The van der Waals surface area contributed by atoms with E-state index in [0.29, 0.717) is 26.1 Å². The molecule has 2 aromatic heterocycles. The predicted molar refractivity (Wildman–Crippen MR) is 156 cm³/mol. The summed E-state index contributed by atoms with van der Waals surface area (Å²) in [4.78, 5) is 33.3. The van der Waals surface area contributed by atoms with Crippen molar-refractivity contribution in [2.75, 3.05) is 11.1 Å². The van der Waals surface area contributed by atoms with Crippen molar-refractivity contribution < 1.29 is 4.79 Å². The maximum atomic E-state index is 14.0. The minimum atomic E-state index is -0.350. The van der Waals surface area contributed by atoms with Crippen LogP contribution in [0, 0.1) is 6.92 Å². The van der Waals surface area contributed by atoms with Crippen LogP contribution < -0.4 is 10.9 Å². The van der Waals surface area contributed by atoms with Crippen LogP contribution in [0.5, 0.6) is 0 Å². The van der Waals surface area contributed by atoms with E-state index < -0.39 is 0 Å². The first-order valence-electron chi connectivity index (χ1n) is 11.1. The number of rotatable bonds is 6. The zero-order chi connectivity index (χ0) is 26.1. The molecule has 0 saturated heterocycles. The predicted octanol–water partition coefficient (Wildman–Crippen LogP) is 8.11. The second-order valence-corrected chi connectivity index (χ2v) is 11.4. The fraction of sp³-hybridized carbons (Fsp3) is 0.0741. The number of hydrogen-bond donors (Lipinski definition) is 1. The van der Waals surface area contributed by atoms with Gasteiger partial charge < -0.3 is 5.32 Å². The lowest BCUT2D eigenvalue weighted by Gasteiger charge is -2.13. The molecule has 0 atom stereocenters. The zero-order valence-electron chi connectivity index (χ0n) is 19.3. The highest BCUT2D eigenvalue weighted by Crippen LogP contribution is 2.37. The highest BCUT2D eigenvalue weighted by Gasteiger charge is 2.21. The molecule has 0 saturated carbocycles. The quantitative estimate of drug-likeness (QED) is 0.161. The molecule has 0 aliphatic heterocycles. The number of carbonyl (C=O) groups excluding carboxylic acids is 1. The monoisotopic (exact) mass is 585 g/mol. The number of hydrogen-bond acceptors (Lipinski definition) is 5. The molecule has 0 bridgehead atoms. The number of para-hydroxylation sites is 1. The number of thioether (sulfide) groups is 1. The van der Waals surface area contributed by atoms with Gasteiger partial charge in [-0.15, -0.1) is 11.3 Å². The van der Waals surface area contributed by atoms with Crippen LogP contribution >= 0.6 is 57.9 Å². The second-order valence-electron chi connectivity index (χ2n) is 8.03. The summed E-state index contributed by atoms with van der Waals surface area (Å²) in [7, 11) is 0. The Hall–Kier alpha value is -2.81. The molecule has 0 radical (unpaired) electrons. The van der Waals surface area contributed by atoms with E-state index in [1.165, 1.54) is 23.5 Å². The van der Waals surface area contributed by atoms with Crippen molar-refractivity contribution in [2.45, 2.75) is 12.1 Å². The van der Waals surface area contributed by atoms with Crippen LogP contribution in [0.3, 0.4) is 0 Å². The van der Waals surface area contributed by atoms with Gasteiger partial charge in [0.15, 0.2) is 5.16 Å². The molecular weight excluding hydrogens is 569 g/mol. The van der Waals surface area contributed by atoms with Crippen LogP contribution in [-0.4, -0.2) is 21.2 Å². The van der Waals surface area contributed by atoms with Gasteiger partial charge in [-0.25, -0.2) is 4.98 Å². The maximum Gasteiger partial charge on any atom is 0.268 e. The van der Waals surface area contributed by atoms with Crippen molar-refractivity contribution in [3.63, 3.8) is 0 Å². The fourth-order valence-corrected chi connectivity index (χ4v) is 6.77. The molecule has 37 heavy (non-hydrogen) atoms. The Labute approximate surface area is 236 Å². The molecule has 0 aliphatic rings. The van der Waals surface area contributed by atoms with Crippen LogP contribution in [0.1, 0.15) is 4.88 Å². The Bertz CT molecular complexity index is 1660. The number of anilines is 1. The van der Waals surface area contributed by atoms with Crippen LogP contribution in [0.4, 0.5) is 5.69 Å². The standard InChI is InChI=1S/C27H18Cl3N3O2S2/c1-15-22(16-8-4-2-5-9-16)23-25(37-15)32-27(33(26(23)35)18-10-6-3-7-11-18)36-14-21(34)31-24-19(29)12-17(28)13-20(24)30/h2-13H,14H2,1H3,(H,31,34). The number of amides is 1. The van der Waals surface area contributed by atoms with Crippen molar-refractivity contribution in [2.24, 2.45) is 0 Å². The summed E-state index contributed by atoms with van der Waals surface area (Å²) in [6.07, 6.45) is 0. The molecule has 0 unspecified atom stereocenters. The van der Waals surface area contributed by atoms with Gasteiger partial charge in [-0.2, -0.15) is 0 Å². The van der Waals surface area contributed by atoms with Crippen molar-refractivity contribution >= 4 is 79.7 Å². The van der Waals surface area contributed by atoms with Crippen LogP contribution in [0.15, 0.2) is 82.7 Å². The molecular formula is C27H18Cl3N3O2S2. The Morgan fingerprint density at radius 1 is 1.00 bits per heavy atom. The summed E-state index contributed by atoms with van der Waals surface area (Å²) in [6, 6.07) is 22.1. The van der Waals surface area contributed by atoms with Gasteiger partial charge in [0.05, 0.1) is 32.6 Å². The van der Waals surface area contributed by atoms with Crippen molar-refractivity contribution in [3.8, 4) is 16.8 Å². The zero-order valence-corrected chi connectivity index (χ0v) is 23.2. The van der Waals surface area contributed by atoms with E-state index >= 15 is 0 Å². The third kappa shape index (κ3) is 5.28. The summed E-state index contributed by atoms with van der Waals surface area (Å²) < 4.78 is 1.56. The lowest BCUT2D eigenvalue weighted by molar-refractivity contribution is -0.113. The number of halogens is 3. The van der Waals surface area contributed by atoms with Gasteiger partial charge in [0.2, 0.25) is 5.91 Å². The SMILES string of the molecule is Cc1sc2nc(SCC(=O)Nc3c(Cl)cc(Cl)cc3Cl)n(-c3ccccc3)c(=O)c2c1-c1ccccc1. The lowest BCUT2D eigenvalue weighted by Crippen LogP contribution is -2.22. The molecule has 3 aromatic carbocycles. The van der Waals surface area contributed by atoms with Gasteiger partial charge in [-0.3, -0.25) is 14.2 Å². The van der Waals surface area contributed by atoms with Crippen LogP contribution in [0.25, 0.3) is 27.0 Å². The topological polar surface area (TPSA) is 64.0 Å². The number of nitrogens with zero attached hydrogens (tertiary/aromatic N) is 2. The van der Waals surface area contributed by atoms with Gasteiger partial charge in [-0.05, 0) is 36.8 Å². The first-order valence-corrected chi connectivity index (χ1v) is 14.0. The molecule has 0 aliphatic carbocycles. The van der Waals surface area contributed by atoms with Crippen molar-refractivity contribution in [3.05, 3.63) is 103 Å². The Morgan fingerprint density at radius 2 is 1.62 bits per heavy atom. The van der Waals surface area contributed by atoms with E-state index in [-0.39, 0.29) is 33.0 Å². The highest BCUT2D eigenvalue weighted by molar-refractivity contribution is 7.99. The minimum absolute atomic E-state index is 0.0179. The fourth-order valence-electron chi connectivity index (χ4n) is 3.96. The molecule has 10 heteroatoms. The Balaban J connectivity index is 1.55. The van der Waals surface area contributed by atoms with Crippen molar-refractivity contribution in [1.82, 2.24) is 9.55 Å². The van der Waals surface area contributed by atoms with E-state index in [1.54, 1.807) is 4.57 Å². The summed E-state index contributed by atoms with van der Waals surface area (Å²) in [6.45, 7) is 1.99. The Kier molecular flexibility index (Phi) is 7.60. The van der Waals surface area contributed by atoms with E-state index in [4.69, 9.17) is 39.8 Å². The van der Waals surface area contributed by atoms with E-state index in [2.05, 4.69) is 5.32 Å². The summed E-state index contributed by atoms with van der Waals surface area (Å²) >= 11 is 21.0. The number of aryl methyl sites for hydroxylation is 1. The van der Waals surface area contributed by atoms with Gasteiger partial charge in [0, 0.05) is 15.5 Å². The second kappa shape index (κ2) is 10.9. The first kappa shape index (κ1) is 25.8. The number of fused-ring (bicyclic) bond motifs is 1. The average molecular weight is 587 g/mol. The minimum Gasteiger partial charge on any atom is -0.323 e. The molecule has 5 rings (SSSR count).